The Bertz CT molecular complexity index is 1170. The number of nitrogens with one attached hydrogen (secondary N) is 1. The van der Waals surface area contributed by atoms with Gasteiger partial charge in [0.05, 0.1) is 27.0 Å². The average molecular weight is 435 g/mol. The number of aryl methyl sites for hydroxylation is 1. The van der Waals surface area contributed by atoms with Gasteiger partial charge >= 0.3 is 5.97 Å². The molecule has 1 N–H and O–H groups in total. The third kappa shape index (κ3) is 3.79. The Balaban J connectivity index is 1.63. The number of carbonyl (C=O) groups is 2. The molecular formula is C24H25N3O5. The second kappa shape index (κ2) is 8.74. The number of benzene rings is 2. The number of rotatable bonds is 7. The minimum absolute atomic E-state index is 0.290. The molecule has 1 amide bonds. The maximum Gasteiger partial charge on any atom is 0.328 e. The number of ether oxygens (including phenoxy) is 3. The highest BCUT2D eigenvalue weighted by molar-refractivity contribution is 5.99. The molecule has 1 unspecified atom stereocenters. The first-order valence-electron chi connectivity index (χ1n) is 10.2. The third-order valence-electron chi connectivity index (χ3n) is 5.67. The third-order valence-corrected chi connectivity index (χ3v) is 5.67. The molecule has 166 valence electrons. The lowest BCUT2D eigenvalue weighted by molar-refractivity contribution is -0.142. The minimum Gasteiger partial charge on any atom is -0.493 e. The van der Waals surface area contributed by atoms with Gasteiger partial charge < -0.3 is 19.5 Å². The van der Waals surface area contributed by atoms with Crippen LogP contribution < -0.4 is 14.8 Å². The molecule has 0 bridgehead atoms. The molecule has 0 saturated heterocycles. The first-order chi connectivity index (χ1) is 15.5. The Labute approximate surface area is 186 Å². The Kier molecular flexibility index (Phi) is 5.85. The van der Waals surface area contributed by atoms with Crippen molar-refractivity contribution in [3.63, 3.8) is 0 Å². The van der Waals surface area contributed by atoms with E-state index >= 15 is 0 Å². The highest BCUT2D eigenvalue weighted by Gasteiger charge is 2.32. The van der Waals surface area contributed by atoms with Gasteiger partial charge in [0.25, 0.3) is 5.91 Å². The van der Waals surface area contributed by atoms with Crippen molar-refractivity contribution >= 4 is 11.9 Å². The highest BCUT2D eigenvalue weighted by atomic mass is 16.5. The largest absolute Gasteiger partial charge is 0.493 e. The summed E-state index contributed by atoms with van der Waals surface area (Å²) in [4.78, 5) is 25.5. The molecule has 1 heterocycles. The van der Waals surface area contributed by atoms with Crippen LogP contribution in [0.4, 0.5) is 0 Å². The Morgan fingerprint density at radius 1 is 1.09 bits per heavy atom. The number of methoxy groups -OCH3 is 3. The van der Waals surface area contributed by atoms with Gasteiger partial charge in [-0.05, 0) is 23.3 Å². The van der Waals surface area contributed by atoms with E-state index in [1.165, 1.54) is 7.11 Å². The second-order valence-electron chi connectivity index (χ2n) is 7.58. The summed E-state index contributed by atoms with van der Waals surface area (Å²) in [5.74, 6) is 0.319. The summed E-state index contributed by atoms with van der Waals surface area (Å²) < 4.78 is 17.4. The van der Waals surface area contributed by atoms with E-state index in [9.17, 15) is 9.59 Å². The summed E-state index contributed by atoms with van der Waals surface area (Å²) in [5.41, 5.74) is 4.83. The molecule has 0 radical (unpaired) electrons. The van der Waals surface area contributed by atoms with Gasteiger partial charge in [0, 0.05) is 31.0 Å². The Morgan fingerprint density at radius 2 is 1.78 bits per heavy atom. The smallest absolute Gasteiger partial charge is 0.328 e. The van der Waals surface area contributed by atoms with Crippen molar-refractivity contribution in [3.8, 4) is 22.8 Å². The average Bonchev–Trinajstić information content (AvgIpc) is 3.34. The lowest BCUT2D eigenvalue weighted by atomic mass is 10.1. The van der Waals surface area contributed by atoms with E-state index in [-0.39, 0.29) is 0 Å². The van der Waals surface area contributed by atoms with Crippen molar-refractivity contribution in [2.75, 3.05) is 21.3 Å². The van der Waals surface area contributed by atoms with Crippen LogP contribution in [0.2, 0.25) is 0 Å². The van der Waals surface area contributed by atoms with Gasteiger partial charge in [0.2, 0.25) is 0 Å². The molecule has 3 aromatic rings. The Hall–Kier alpha value is -3.81. The van der Waals surface area contributed by atoms with Crippen molar-refractivity contribution < 1.29 is 23.8 Å². The van der Waals surface area contributed by atoms with Gasteiger partial charge in [-0.25, -0.2) is 4.79 Å². The first-order valence-corrected chi connectivity index (χ1v) is 10.2. The summed E-state index contributed by atoms with van der Waals surface area (Å²) in [6.45, 7) is 0. The minimum atomic E-state index is -0.823. The quantitative estimate of drug-likeness (QED) is 0.449. The monoisotopic (exact) mass is 435 g/mol. The summed E-state index contributed by atoms with van der Waals surface area (Å²) in [7, 11) is 6.28. The van der Waals surface area contributed by atoms with E-state index in [0.29, 0.717) is 30.0 Å². The molecule has 0 saturated carbocycles. The van der Waals surface area contributed by atoms with Crippen LogP contribution in [0.3, 0.4) is 0 Å². The number of fused-ring (bicyclic) bond motifs is 3. The van der Waals surface area contributed by atoms with Crippen molar-refractivity contribution in [2.24, 2.45) is 7.05 Å². The zero-order chi connectivity index (χ0) is 22.8. The predicted molar refractivity (Wildman–Crippen MR) is 118 cm³/mol. The molecule has 2 aromatic carbocycles. The van der Waals surface area contributed by atoms with Crippen LogP contribution in [0.15, 0.2) is 42.5 Å². The van der Waals surface area contributed by atoms with Gasteiger partial charge in [-0.3, -0.25) is 9.48 Å². The van der Waals surface area contributed by atoms with Crippen LogP contribution in [0.1, 0.15) is 27.2 Å². The first kappa shape index (κ1) is 21.4. The molecule has 0 aliphatic heterocycles. The molecule has 1 aromatic heterocycles. The molecule has 4 rings (SSSR count). The molecule has 0 fully saturated rings. The summed E-state index contributed by atoms with van der Waals surface area (Å²) in [6, 6.07) is 12.5. The maximum atomic E-state index is 13.2. The summed E-state index contributed by atoms with van der Waals surface area (Å²) >= 11 is 0. The van der Waals surface area contributed by atoms with E-state index in [2.05, 4.69) is 10.4 Å². The number of amides is 1. The number of esters is 1. The molecule has 32 heavy (non-hydrogen) atoms. The van der Waals surface area contributed by atoms with Crippen molar-refractivity contribution in [3.05, 3.63) is 64.8 Å². The normalized spacial score (nSPS) is 12.5. The van der Waals surface area contributed by atoms with E-state index < -0.39 is 17.9 Å². The number of aromatic nitrogens is 2. The fraction of sp³-hybridized carbons (Fsp3) is 0.292. The van der Waals surface area contributed by atoms with Crippen LogP contribution in [-0.2, 0) is 29.4 Å². The zero-order valence-corrected chi connectivity index (χ0v) is 18.5. The fourth-order valence-electron chi connectivity index (χ4n) is 4.14. The van der Waals surface area contributed by atoms with Gasteiger partial charge in [-0.15, -0.1) is 0 Å². The fourth-order valence-corrected chi connectivity index (χ4v) is 4.14. The van der Waals surface area contributed by atoms with Crippen molar-refractivity contribution in [2.45, 2.75) is 18.9 Å². The van der Waals surface area contributed by atoms with E-state index in [1.54, 1.807) is 25.9 Å². The molecule has 1 aliphatic carbocycles. The molecule has 1 aliphatic rings. The standard InChI is InChI=1S/C24H25N3O5/c1-27-22-16-13-20(31-3)19(30-2)12-15(16)11-17(22)21(26-27)23(28)25-18(24(29)32-4)10-14-8-6-5-7-9-14/h5-9,12-13,18H,10-11H2,1-4H3,(H,25,28). The van der Waals surface area contributed by atoms with Gasteiger partial charge in [-0.1, -0.05) is 30.3 Å². The Morgan fingerprint density at radius 3 is 2.44 bits per heavy atom. The van der Waals surface area contributed by atoms with Crippen LogP contribution in [0.25, 0.3) is 11.3 Å². The summed E-state index contributed by atoms with van der Waals surface area (Å²) in [5, 5.41) is 7.26. The van der Waals surface area contributed by atoms with E-state index in [1.807, 2.05) is 42.5 Å². The van der Waals surface area contributed by atoms with Crippen LogP contribution >= 0.6 is 0 Å². The van der Waals surface area contributed by atoms with Gasteiger partial charge in [-0.2, -0.15) is 5.10 Å². The molecule has 1 atom stereocenters. The van der Waals surface area contributed by atoms with E-state index in [4.69, 9.17) is 14.2 Å². The maximum absolute atomic E-state index is 13.2. The molecule has 8 nitrogen and oxygen atoms in total. The number of hydrogen-bond donors (Lipinski definition) is 1. The second-order valence-corrected chi connectivity index (χ2v) is 7.58. The van der Waals surface area contributed by atoms with Gasteiger partial charge in [0.15, 0.2) is 17.2 Å². The van der Waals surface area contributed by atoms with Crippen LogP contribution in [-0.4, -0.2) is 49.0 Å². The molecule has 0 spiro atoms. The number of carbonyl (C=O) groups excluding carboxylic acids is 2. The lowest BCUT2D eigenvalue weighted by Crippen LogP contribution is -2.43. The van der Waals surface area contributed by atoms with E-state index in [0.717, 1.165) is 27.9 Å². The molecule has 8 heteroatoms. The zero-order valence-electron chi connectivity index (χ0n) is 18.5. The van der Waals surface area contributed by atoms with Gasteiger partial charge in [0.1, 0.15) is 6.04 Å². The highest BCUT2D eigenvalue weighted by Crippen LogP contribution is 2.43. The molecular weight excluding hydrogens is 410 g/mol. The van der Waals surface area contributed by atoms with Crippen molar-refractivity contribution in [1.82, 2.24) is 15.1 Å². The predicted octanol–water partition coefficient (Wildman–Crippen LogP) is 2.52. The topological polar surface area (TPSA) is 91.7 Å². The van der Waals surface area contributed by atoms with Crippen LogP contribution in [0.5, 0.6) is 11.5 Å². The summed E-state index contributed by atoms with van der Waals surface area (Å²) in [6.07, 6.45) is 0.853. The lowest BCUT2D eigenvalue weighted by Gasteiger charge is -2.16. The van der Waals surface area contributed by atoms with Crippen LogP contribution in [0, 0.1) is 0 Å². The SMILES string of the molecule is COC(=O)C(Cc1ccccc1)NC(=O)c1nn(C)c2c1Cc1cc(OC)c(OC)cc1-2. The number of hydrogen-bond acceptors (Lipinski definition) is 6. The van der Waals surface area contributed by atoms with Crippen molar-refractivity contribution in [1.29, 1.82) is 0 Å². The number of nitrogens with zero attached hydrogens (tertiary/aromatic N) is 2.